The van der Waals surface area contributed by atoms with Crippen molar-refractivity contribution in [1.29, 1.82) is 0 Å². The topological polar surface area (TPSA) is 72.2 Å². The Morgan fingerprint density at radius 3 is 2.65 bits per heavy atom. The Bertz CT molecular complexity index is 554. The molecule has 20 heavy (non-hydrogen) atoms. The number of hydrogen-bond donors (Lipinski definition) is 2. The standard InChI is InChI=1S/C14H21FN2O2S/c1-10-6-12(15)8-13(7-10)20(18,19)17-14-5-3-2-4-11(14)9-16/h6-8,11,14,17H,2-5,9,16H2,1H3. The zero-order valence-electron chi connectivity index (χ0n) is 11.6. The highest BCUT2D eigenvalue weighted by atomic mass is 32.2. The van der Waals surface area contributed by atoms with Crippen molar-refractivity contribution < 1.29 is 12.8 Å². The molecular formula is C14H21FN2O2S. The van der Waals surface area contributed by atoms with Crippen LogP contribution in [0.25, 0.3) is 0 Å². The van der Waals surface area contributed by atoms with Crippen LogP contribution < -0.4 is 10.5 Å². The van der Waals surface area contributed by atoms with E-state index in [9.17, 15) is 12.8 Å². The number of halogens is 1. The molecule has 4 nitrogen and oxygen atoms in total. The first-order chi connectivity index (χ1) is 9.42. The van der Waals surface area contributed by atoms with Crippen LogP contribution in [0.15, 0.2) is 23.1 Å². The largest absolute Gasteiger partial charge is 0.330 e. The zero-order valence-corrected chi connectivity index (χ0v) is 12.4. The molecule has 0 bridgehead atoms. The summed E-state index contributed by atoms with van der Waals surface area (Å²) in [6.45, 7) is 2.14. The van der Waals surface area contributed by atoms with Crippen molar-refractivity contribution in [2.24, 2.45) is 11.7 Å². The molecular weight excluding hydrogens is 279 g/mol. The third-order valence-electron chi connectivity index (χ3n) is 3.84. The average Bonchev–Trinajstić information content (AvgIpc) is 2.38. The van der Waals surface area contributed by atoms with Gasteiger partial charge in [0.1, 0.15) is 5.82 Å². The third-order valence-corrected chi connectivity index (χ3v) is 5.31. The molecule has 2 unspecified atom stereocenters. The molecule has 1 saturated carbocycles. The molecule has 1 aliphatic rings. The molecule has 0 saturated heterocycles. The van der Waals surface area contributed by atoms with Gasteiger partial charge in [-0.2, -0.15) is 0 Å². The minimum atomic E-state index is -3.69. The normalized spacial score (nSPS) is 23.8. The van der Waals surface area contributed by atoms with Gasteiger partial charge in [0, 0.05) is 6.04 Å². The van der Waals surface area contributed by atoms with Gasteiger partial charge in [-0.1, -0.05) is 12.8 Å². The van der Waals surface area contributed by atoms with Crippen LogP contribution in [0.5, 0.6) is 0 Å². The Morgan fingerprint density at radius 1 is 1.30 bits per heavy atom. The van der Waals surface area contributed by atoms with E-state index < -0.39 is 15.8 Å². The Morgan fingerprint density at radius 2 is 2.00 bits per heavy atom. The van der Waals surface area contributed by atoms with Crippen LogP contribution in [-0.4, -0.2) is 21.0 Å². The fourth-order valence-electron chi connectivity index (χ4n) is 2.77. The van der Waals surface area contributed by atoms with Crippen LogP contribution in [0.4, 0.5) is 4.39 Å². The highest BCUT2D eigenvalue weighted by Crippen LogP contribution is 2.25. The summed E-state index contributed by atoms with van der Waals surface area (Å²) in [5, 5.41) is 0. The molecule has 112 valence electrons. The molecule has 2 rings (SSSR count). The maximum Gasteiger partial charge on any atom is 0.240 e. The van der Waals surface area contributed by atoms with Gasteiger partial charge in [-0.25, -0.2) is 17.5 Å². The maximum absolute atomic E-state index is 13.4. The molecule has 0 heterocycles. The van der Waals surface area contributed by atoms with Crippen LogP contribution >= 0.6 is 0 Å². The summed E-state index contributed by atoms with van der Waals surface area (Å²) in [5.41, 5.74) is 6.29. The van der Waals surface area contributed by atoms with Crippen molar-refractivity contribution in [1.82, 2.24) is 4.72 Å². The molecule has 0 radical (unpaired) electrons. The van der Waals surface area contributed by atoms with Crippen LogP contribution in [0.3, 0.4) is 0 Å². The van der Waals surface area contributed by atoms with Gasteiger partial charge < -0.3 is 5.73 Å². The molecule has 0 spiro atoms. The van der Waals surface area contributed by atoms with Gasteiger partial charge in [0.2, 0.25) is 10.0 Å². The molecule has 2 atom stereocenters. The summed E-state index contributed by atoms with van der Waals surface area (Å²) in [7, 11) is -3.69. The molecule has 6 heteroatoms. The van der Waals surface area contributed by atoms with E-state index in [4.69, 9.17) is 5.73 Å². The van der Waals surface area contributed by atoms with E-state index in [0.717, 1.165) is 31.7 Å². The monoisotopic (exact) mass is 300 g/mol. The van der Waals surface area contributed by atoms with Crippen LogP contribution in [0, 0.1) is 18.7 Å². The highest BCUT2D eigenvalue weighted by molar-refractivity contribution is 7.89. The van der Waals surface area contributed by atoms with Crippen LogP contribution in [-0.2, 0) is 10.0 Å². The van der Waals surface area contributed by atoms with Gasteiger partial charge in [-0.05, 0) is 56.0 Å². The van der Waals surface area contributed by atoms with E-state index in [0.29, 0.717) is 12.1 Å². The van der Waals surface area contributed by atoms with E-state index in [1.165, 1.54) is 12.1 Å². The number of nitrogens with one attached hydrogen (secondary N) is 1. The lowest BCUT2D eigenvalue weighted by Gasteiger charge is -2.31. The fraction of sp³-hybridized carbons (Fsp3) is 0.571. The van der Waals surface area contributed by atoms with Crippen LogP contribution in [0.2, 0.25) is 0 Å². The lowest BCUT2D eigenvalue weighted by atomic mass is 9.85. The number of nitrogens with two attached hydrogens (primary N) is 1. The smallest absolute Gasteiger partial charge is 0.240 e. The Hall–Kier alpha value is -0.980. The summed E-state index contributed by atoms with van der Waals surface area (Å²) in [5.74, 6) is -0.377. The molecule has 0 amide bonds. The number of hydrogen-bond acceptors (Lipinski definition) is 3. The SMILES string of the molecule is Cc1cc(F)cc(S(=O)(=O)NC2CCCCC2CN)c1. The second-order valence-corrected chi connectivity index (χ2v) is 7.19. The van der Waals surface area contributed by atoms with E-state index in [-0.39, 0.29) is 16.9 Å². The lowest BCUT2D eigenvalue weighted by molar-refractivity contribution is 0.296. The number of aryl methyl sites for hydroxylation is 1. The minimum Gasteiger partial charge on any atom is -0.330 e. The van der Waals surface area contributed by atoms with Gasteiger partial charge in [-0.3, -0.25) is 0 Å². The number of benzene rings is 1. The molecule has 1 aromatic carbocycles. The highest BCUT2D eigenvalue weighted by Gasteiger charge is 2.28. The summed E-state index contributed by atoms with van der Waals surface area (Å²) in [6, 6.07) is 3.69. The van der Waals surface area contributed by atoms with Crippen molar-refractivity contribution >= 4 is 10.0 Å². The lowest BCUT2D eigenvalue weighted by Crippen LogP contribution is -2.44. The maximum atomic E-state index is 13.4. The van der Waals surface area contributed by atoms with Crippen LogP contribution in [0.1, 0.15) is 31.2 Å². The van der Waals surface area contributed by atoms with Crippen molar-refractivity contribution in [3.05, 3.63) is 29.6 Å². The average molecular weight is 300 g/mol. The van der Waals surface area contributed by atoms with E-state index in [1.807, 2.05) is 0 Å². The molecule has 1 aliphatic carbocycles. The summed E-state index contributed by atoms with van der Waals surface area (Å²) >= 11 is 0. The molecule has 0 aromatic heterocycles. The van der Waals surface area contributed by atoms with Crippen molar-refractivity contribution in [3.8, 4) is 0 Å². The summed E-state index contributed by atoms with van der Waals surface area (Å²) in [6.07, 6.45) is 3.80. The number of rotatable bonds is 4. The first-order valence-electron chi connectivity index (χ1n) is 6.92. The minimum absolute atomic E-state index is 0.0173. The molecule has 1 aromatic rings. The van der Waals surface area contributed by atoms with Gasteiger partial charge >= 0.3 is 0 Å². The van der Waals surface area contributed by atoms with Crippen molar-refractivity contribution in [2.75, 3.05) is 6.54 Å². The summed E-state index contributed by atoms with van der Waals surface area (Å²) in [4.78, 5) is -0.0173. The first kappa shape index (κ1) is 15.4. The molecule has 1 fully saturated rings. The first-order valence-corrected chi connectivity index (χ1v) is 8.40. The number of sulfonamides is 1. The van der Waals surface area contributed by atoms with Gasteiger partial charge in [0.05, 0.1) is 4.90 Å². The van der Waals surface area contributed by atoms with E-state index >= 15 is 0 Å². The fourth-order valence-corrected chi connectivity index (χ4v) is 4.22. The Labute approximate surface area is 119 Å². The predicted octanol–water partition coefficient (Wildman–Crippen LogP) is 1.93. The van der Waals surface area contributed by atoms with E-state index in [1.54, 1.807) is 6.92 Å². The van der Waals surface area contributed by atoms with Crippen molar-refractivity contribution in [3.63, 3.8) is 0 Å². The Balaban J connectivity index is 2.21. The zero-order chi connectivity index (χ0) is 14.8. The van der Waals surface area contributed by atoms with Crippen molar-refractivity contribution in [2.45, 2.75) is 43.5 Å². The molecule has 3 N–H and O–H groups in total. The van der Waals surface area contributed by atoms with Gasteiger partial charge in [-0.15, -0.1) is 0 Å². The van der Waals surface area contributed by atoms with E-state index in [2.05, 4.69) is 4.72 Å². The predicted molar refractivity (Wildman–Crippen MR) is 76.3 cm³/mol. The second-order valence-electron chi connectivity index (χ2n) is 5.47. The van der Waals surface area contributed by atoms with Gasteiger partial charge in [0.25, 0.3) is 0 Å². The third kappa shape index (κ3) is 3.56. The molecule has 0 aliphatic heterocycles. The summed E-state index contributed by atoms with van der Waals surface area (Å²) < 4.78 is 40.8. The second kappa shape index (κ2) is 6.20. The quantitative estimate of drug-likeness (QED) is 0.892. The van der Waals surface area contributed by atoms with Gasteiger partial charge in [0.15, 0.2) is 0 Å². The Kier molecular flexibility index (Phi) is 4.78.